The van der Waals surface area contributed by atoms with Crippen LogP contribution >= 0.6 is 11.8 Å². The van der Waals surface area contributed by atoms with Gasteiger partial charge in [0.15, 0.2) is 0 Å². The molecule has 1 fully saturated rings. The monoisotopic (exact) mass is 498 g/mol. The zero-order valence-electron chi connectivity index (χ0n) is 18.8. The summed E-state index contributed by atoms with van der Waals surface area (Å²) < 4.78 is 25.5. The second kappa shape index (κ2) is 15.9. The first-order valence-corrected chi connectivity index (χ1v) is 11.1. The number of carbonyl (C=O) groups is 3. The topological polar surface area (TPSA) is 116 Å². The fourth-order valence-electron chi connectivity index (χ4n) is 2.92. The molecule has 2 aromatic rings. The molecule has 0 aromatic heterocycles. The molecule has 0 amide bonds. The highest BCUT2D eigenvalue weighted by atomic mass is 32.2. The molecule has 2 heterocycles. The van der Waals surface area contributed by atoms with E-state index in [2.05, 4.69) is 5.32 Å². The maximum absolute atomic E-state index is 10.7. The fourth-order valence-corrected chi connectivity index (χ4v) is 3.85. The number of likely N-dealkylation sites (N-methyl/N-ethyl adjacent to an activating group) is 2. The summed E-state index contributed by atoms with van der Waals surface area (Å²) in [5.74, 6) is 0.923. The molecule has 2 aromatic carbocycles. The molecule has 1 saturated heterocycles. The van der Waals surface area contributed by atoms with E-state index >= 15 is 0 Å². The molecule has 8 nitrogen and oxygen atoms in total. The Morgan fingerprint density at radius 3 is 2.35 bits per heavy atom. The van der Waals surface area contributed by atoms with Crippen LogP contribution in [0.15, 0.2) is 52.3 Å². The number of hydrogen-bond donors (Lipinski definition) is 3. The van der Waals surface area contributed by atoms with Crippen molar-refractivity contribution in [2.24, 2.45) is 0 Å². The van der Waals surface area contributed by atoms with Gasteiger partial charge in [-0.15, -0.1) is 0 Å². The van der Waals surface area contributed by atoms with Crippen LogP contribution in [0, 0.1) is 0 Å². The van der Waals surface area contributed by atoms with Crippen LogP contribution in [0.4, 0.5) is 8.78 Å². The Morgan fingerprint density at radius 1 is 1.24 bits per heavy atom. The lowest BCUT2D eigenvalue weighted by Gasteiger charge is -2.19. The molecule has 3 N–H and O–H groups in total. The number of aliphatic hydroxyl groups is 1. The first kappa shape index (κ1) is 29.2. The molecule has 34 heavy (non-hydrogen) atoms. The molecule has 0 bridgehead atoms. The van der Waals surface area contributed by atoms with Crippen LogP contribution in [0.1, 0.15) is 23.2 Å². The SMILES string of the molecule is CN1CCCC1C(=O)O.CNCC=O.O=Cc1ccc2c(c1)Oc1ccccc1S2.OC(F)F. The summed E-state index contributed by atoms with van der Waals surface area (Å²) in [4.78, 5) is 34.4. The zero-order valence-corrected chi connectivity index (χ0v) is 19.6. The lowest BCUT2D eigenvalue weighted by Crippen LogP contribution is -2.32. The Morgan fingerprint density at radius 2 is 1.88 bits per heavy atom. The maximum Gasteiger partial charge on any atom is 0.342 e. The van der Waals surface area contributed by atoms with Crippen molar-refractivity contribution in [3.05, 3.63) is 48.0 Å². The van der Waals surface area contributed by atoms with E-state index in [9.17, 15) is 23.2 Å². The lowest BCUT2D eigenvalue weighted by molar-refractivity contribution is -0.141. The number of aliphatic carboxylic acids is 1. The molecule has 2 aliphatic rings. The van der Waals surface area contributed by atoms with E-state index in [1.54, 1.807) is 30.9 Å². The smallest absolute Gasteiger partial charge is 0.342 e. The van der Waals surface area contributed by atoms with Gasteiger partial charge in [-0.05, 0) is 57.7 Å². The molecule has 186 valence electrons. The van der Waals surface area contributed by atoms with Crippen LogP contribution in [0.25, 0.3) is 0 Å². The van der Waals surface area contributed by atoms with Crippen molar-refractivity contribution in [1.82, 2.24) is 10.2 Å². The number of carboxylic acids is 1. The first-order chi connectivity index (χ1) is 16.2. The van der Waals surface area contributed by atoms with Crippen LogP contribution in [0.2, 0.25) is 0 Å². The number of alkyl halides is 2. The second-order valence-electron chi connectivity index (χ2n) is 6.95. The summed E-state index contributed by atoms with van der Waals surface area (Å²) in [6, 6.07) is 13.1. The number of nitrogens with zero attached hydrogens (tertiary/aromatic N) is 1. The number of carboxylic acid groups (broad SMARTS) is 1. The number of hydrogen-bond acceptors (Lipinski definition) is 8. The number of likely N-dealkylation sites (tertiary alicyclic amines) is 1. The average molecular weight is 499 g/mol. The van der Waals surface area contributed by atoms with Gasteiger partial charge in [-0.2, -0.15) is 8.78 Å². The molecule has 0 radical (unpaired) electrons. The third-order valence-electron chi connectivity index (χ3n) is 4.49. The van der Waals surface area contributed by atoms with Crippen molar-refractivity contribution >= 4 is 30.3 Å². The van der Waals surface area contributed by atoms with Crippen LogP contribution in [-0.2, 0) is 9.59 Å². The number of para-hydroxylation sites is 1. The van der Waals surface area contributed by atoms with Crippen LogP contribution in [-0.4, -0.2) is 73.5 Å². The molecule has 11 heteroatoms. The van der Waals surface area contributed by atoms with Gasteiger partial charge in [-0.3, -0.25) is 14.5 Å². The van der Waals surface area contributed by atoms with E-state index < -0.39 is 12.6 Å². The highest BCUT2D eigenvalue weighted by Gasteiger charge is 2.26. The highest BCUT2D eigenvalue weighted by molar-refractivity contribution is 7.99. The number of rotatable bonds is 4. The largest absolute Gasteiger partial charge is 0.480 e. The minimum atomic E-state index is -3.17. The standard InChI is InChI=1S/C13H8O2S.C6H11NO2.C3H7NO.CH2F2O/c14-8-9-5-6-13-11(7-9)15-10-3-1-2-4-12(10)16-13;1-7-4-2-3-5(7)6(8)9;1-4-2-3-5;2-1(3)4/h1-8H;5H,2-4H2,1H3,(H,8,9);3-4H,2H2,1H3;1,4H. The van der Waals surface area contributed by atoms with Gasteiger partial charge in [-0.25, -0.2) is 0 Å². The zero-order chi connectivity index (χ0) is 25.5. The van der Waals surface area contributed by atoms with Gasteiger partial charge in [0.2, 0.25) is 0 Å². The Balaban J connectivity index is 0.000000272. The Kier molecular flexibility index (Phi) is 13.6. The molecule has 2 aliphatic heterocycles. The predicted octanol–water partition coefficient (Wildman–Crippen LogP) is 3.53. The van der Waals surface area contributed by atoms with Gasteiger partial charge in [0, 0.05) is 5.56 Å². The summed E-state index contributed by atoms with van der Waals surface area (Å²) in [6.45, 7) is -1.78. The Labute approximate surface area is 200 Å². The predicted molar refractivity (Wildman–Crippen MR) is 124 cm³/mol. The summed E-state index contributed by atoms with van der Waals surface area (Å²) in [6.07, 6.45) is 3.48. The number of carbonyl (C=O) groups excluding carboxylic acids is 2. The van der Waals surface area contributed by atoms with Crippen molar-refractivity contribution in [3.8, 4) is 11.5 Å². The van der Waals surface area contributed by atoms with E-state index in [0.717, 1.165) is 53.2 Å². The van der Waals surface area contributed by atoms with E-state index in [0.29, 0.717) is 12.1 Å². The highest BCUT2D eigenvalue weighted by Crippen LogP contribution is 2.46. The van der Waals surface area contributed by atoms with Gasteiger partial charge < -0.3 is 25.1 Å². The molecule has 0 aliphatic carbocycles. The van der Waals surface area contributed by atoms with Gasteiger partial charge >= 0.3 is 12.6 Å². The number of aliphatic hydroxyl groups excluding tert-OH is 1. The molecule has 0 saturated carbocycles. The molecule has 1 unspecified atom stereocenters. The van der Waals surface area contributed by atoms with Crippen molar-refractivity contribution in [1.29, 1.82) is 0 Å². The third-order valence-corrected chi connectivity index (χ3v) is 5.60. The van der Waals surface area contributed by atoms with Crippen molar-refractivity contribution in [2.45, 2.75) is 35.3 Å². The summed E-state index contributed by atoms with van der Waals surface area (Å²) >= 11 is 1.66. The lowest BCUT2D eigenvalue weighted by atomic mass is 10.2. The Bertz CT molecular complexity index is 929. The van der Waals surface area contributed by atoms with E-state index in [1.807, 2.05) is 42.3 Å². The molecular formula is C23H28F2N2O6S. The summed E-state index contributed by atoms with van der Waals surface area (Å²) in [5, 5.41) is 17.9. The number of aldehydes is 2. The maximum atomic E-state index is 10.7. The third kappa shape index (κ3) is 10.4. The number of fused-ring (bicyclic) bond motifs is 2. The number of benzene rings is 2. The van der Waals surface area contributed by atoms with E-state index in [-0.39, 0.29) is 6.04 Å². The number of ether oxygens (including phenoxy) is 1. The number of nitrogens with one attached hydrogen (secondary N) is 1. The molecule has 4 rings (SSSR count). The van der Waals surface area contributed by atoms with Crippen LogP contribution < -0.4 is 10.1 Å². The first-order valence-electron chi connectivity index (χ1n) is 10.2. The second-order valence-corrected chi connectivity index (χ2v) is 8.04. The Hall–Kier alpha value is -2.86. The normalized spacial score (nSPS) is 15.5. The fraction of sp³-hybridized carbons (Fsp3) is 0.348. The quantitative estimate of drug-likeness (QED) is 0.465. The van der Waals surface area contributed by atoms with Gasteiger partial charge in [0.1, 0.15) is 30.1 Å². The van der Waals surface area contributed by atoms with E-state index in [1.165, 1.54) is 0 Å². The van der Waals surface area contributed by atoms with Crippen LogP contribution in [0.5, 0.6) is 11.5 Å². The minimum absolute atomic E-state index is 0.218. The average Bonchev–Trinajstić information content (AvgIpc) is 3.24. The van der Waals surface area contributed by atoms with Crippen molar-refractivity contribution in [2.75, 3.05) is 27.2 Å². The van der Waals surface area contributed by atoms with Gasteiger partial charge in [0.25, 0.3) is 0 Å². The summed E-state index contributed by atoms with van der Waals surface area (Å²) in [5.41, 5.74) is 0.638. The van der Waals surface area contributed by atoms with Crippen molar-refractivity contribution < 1.29 is 38.1 Å². The molecular weight excluding hydrogens is 470 g/mol. The van der Waals surface area contributed by atoms with Gasteiger partial charge in [0.05, 0.1) is 16.3 Å². The molecule has 1 atom stereocenters. The summed E-state index contributed by atoms with van der Waals surface area (Å²) in [7, 11) is 3.58. The van der Waals surface area contributed by atoms with E-state index in [4.69, 9.17) is 14.9 Å². The number of halogens is 2. The molecule has 0 spiro atoms. The van der Waals surface area contributed by atoms with Crippen molar-refractivity contribution in [3.63, 3.8) is 0 Å². The minimum Gasteiger partial charge on any atom is -0.480 e. The van der Waals surface area contributed by atoms with Crippen LogP contribution in [0.3, 0.4) is 0 Å². The van der Waals surface area contributed by atoms with Gasteiger partial charge in [-0.1, -0.05) is 30.0 Å².